The fourth-order valence-electron chi connectivity index (χ4n) is 1.77. The van der Waals surface area contributed by atoms with Crippen LogP contribution in [0.1, 0.15) is 18.1 Å². The monoisotopic (exact) mass is 300 g/mol. The van der Waals surface area contributed by atoms with Crippen LogP contribution in [0, 0.1) is 11.3 Å². The topological polar surface area (TPSA) is 35.8 Å². The van der Waals surface area contributed by atoms with Crippen LogP contribution in [0.3, 0.4) is 0 Å². The fraction of sp³-hybridized carbons (Fsp3) is 0.133. The normalized spacial score (nSPS) is 9.83. The number of rotatable bonds is 3. The molecule has 0 radical (unpaired) electrons. The predicted molar refractivity (Wildman–Crippen MR) is 78.0 cm³/mol. The Morgan fingerprint density at radius 3 is 2.72 bits per heavy atom. The van der Waals surface area contributed by atoms with E-state index in [2.05, 4.69) is 46.4 Å². The molecule has 0 aliphatic rings. The average Bonchev–Trinajstić information content (AvgIpc) is 2.39. The van der Waals surface area contributed by atoms with E-state index in [1.165, 1.54) is 5.56 Å². The molecular formula is C15H13BrN2. The number of hydrogen-bond acceptors (Lipinski definition) is 2. The van der Waals surface area contributed by atoms with E-state index in [9.17, 15) is 0 Å². The molecule has 2 aromatic carbocycles. The first-order chi connectivity index (χ1) is 8.74. The second-order valence-corrected chi connectivity index (χ2v) is 4.81. The van der Waals surface area contributed by atoms with Crippen LogP contribution in [-0.4, -0.2) is 0 Å². The third kappa shape index (κ3) is 2.72. The SMILES string of the molecule is CCc1cccc(Nc2cccc(Br)c2C#N)c1. The fourth-order valence-corrected chi connectivity index (χ4v) is 2.22. The summed E-state index contributed by atoms with van der Waals surface area (Å²) in [5, 5.41) is 12.4. The van der Waals surface area contributed by atoms with E-state index in [1.54, 1.807) is 0 Å². The van der Waals surface area contributed by atoms with Crippen molar-refractivity contribution in [2.45, 2.75) is 13.3 Å². The van der Waals surface area contributed by atoms with Gasteiger partial charge in [0.15, 0.2) is 0 Å². The highest BCUT2D eigenvalue weighted by Crippen LogP contribution is 2.27. The number of halogens is 1. The van der Waals surface area contributed by atoms with Crippen LogP contribution in [0.4, 0.5) is 11.4 Å². The summed E-state index contributed by atoms with van der Waals surface area (Å²) in [6.45, 7) is 2.12. The molecule has 0 aliphatic carbocycles. The summed E-state index contributed by atoms with van der Waals surface area (Å²) in [5.41, 5.74) is 3.72. The molecule has 2 nitrogen and oxygen atoms in total. The molecule has 1 N–H and O–H groups in total. The van der Waals surface area contributed by atoms with Gasteiger partial charge in [-0.1, -0.05) is 25.1 Å². The molecule has 0 fully saturated rings. The maximum absolute atomic E-state index is 9.16. The van der Waals surface area contributed by atoms with Crippen LogP contribution < -0.4 is 5.32 Å². The minimum atomic E-state index is 0.624. The molecule has 0 heterocycles. The first kappa shape index (κ1) is 12.7. The Bertz CT molecular complexity index is 600. The summed E-state index contributed by atoms with van der Waals surface area (Å²) in [6, 6.07) is 16.1. The highest BCUT2D eigenvalue weighted by atomic mass is 79.9. The molecule has 0 atom stereocenters. The summed E-state index contributed by atoms with van der Waals surface area (Å²) >= 11 is 3.39. The van der Waals surface area contributed by atoms with Crippen molar-refractivity contribution < 1.29 is 0 Å². The van der Waals surface area contributed by atoms with Crippen molar-refractivity contribution in [3.05, 3.63) is 58.1 Å². The van der Waals surface area contributed by atoms with Gasteiger partial charge in [0.1, 0.15) is 6.07 Å². The number of anilines is 2. The summed E-state index contributed by atoms with van der Waals surface area (Å²) < 4.78 is 0.807. The molecule has 0 unspecified atom stereocenters. The first-order valence-electron chi connectivity index (χ1n) is 5.79. The van der Waals surface area contributed by atoms with Crippen LogP contribution in [0.25, 0.3) is 0 Å². The van der Waals surface area contributed by atoms with E-state index in [0.29, 0.717) is 5.56 Å². The van der Waals surface area contributed by atoms with Gasteiger partial charge >= 0.3 is 0 Å². The Kier molecular flexibility index (Phi) is 4.01. The highest BCUT2D eigenvalue weighted by molar-refractivity contribution is 9.10. The molecule has 0 aromatic heterocycles. The van der Waals surface area contributed by atoms with Gasteiger partial charge in [0.2, 0.25) is 0 Å². The van der Waals surface area contributed by atoms with Gasteiger partial charge in [-0.25, -0.2) is 0 Å². The lowest BCUT2D eigenvalue weighted by Crippen LogP contribution is -1.95. The average molecular weight is 301 g/mol. The van der Waals surface area contributed by atoms with Crippen LogP contribution in [0.15, 0.2) is 46.9 Å². The van der Waals surface area contributed by atoms with Gasteiger partial charge in [-0.15, -0.1) is 0 Å². The molecule has 0 spiro atoms. The smallest absolute Gasteiger partial charge is 0.103 e. The van der Waals surface area contributed by atoms with Crippen molar-refractivity contribution in [3.8, 4) is 6.07 Å². The third-order valence-electron chi connectivity index (χ3n) is 2.74. The molecule has 0 saturated heterocycles. The van der Waals surface area contributed by atoms with E-state index in [1.807, 2.05) is 30.3 Å². The third-order valence-corrected chi connectivity index (χ3v) is 3.40. The standard InChI is InChI=1S/C15H13BrN2/c1-2-11-5-3-6-12(9-11)18-15-8-4-7-14(16)13(15)10-17/h3-9,18H,2H2,1H3. The molecule has 0 aliphatic heterocycles. The lowest BCUT2D eigenvalue weighted by atomic mass is 10.1. The quantitative estimate of drug-likeness (QED) is 0.897. The van der Waals surface area contributed by atoms with E-state index in [0.717, 1.165) is 22.3 Å². The number of nitrogens with one attached hydrogen (secondary N) is 1. The second kappa shape index (κ2) is 5.70. The van der Waals surface area contributed by atoms with Gasteiger partial charge in [-0.2, -0.15) is 5.26 Å². The molecule has 90 valence electrons. The van der Waals surface area contributed by atoms with Crippen LogP contribution in [-0.2, 0) is 6.42 Å². The summed E-state index contributed by atoms with van der Waals surface area (Å²) in [5.74, 6) is 0. The predicted octanol–water partition coefficient (Wildman–Crippen LogP) is 4.63. The maximum atomic E-state index is 9.16. The molecule has 3 heteroatoms. The van der Waals surface area contributed by atoms with Crippen molar-refractivity contribution in [2.24, 2.45) is 0 Å². The lowest BCUT2D eigenvalue weighted by molar-refractivity contribution is 1.14. The number of nitrogens with zero attached hydrogens (tertiary/aromatic N) is 1. The number of aryl methyl sites for hydroxylation is 1. The minimum Gasteiger partial charge on any atom is -0.354 e. The van der Waals surface area contributed by atoms with Crippen LogP contribution >= 0.6 is 15.9 Å². The summed E-state index contributed by atoms with van der Waals surface area (Å²) in [7, 11) is 0. The molecule has 0 amide bonds. The van der Waals surface area contributed by atoms with Gasteiger partial charge in [0, 0.05) is 10.2 Å². The Balaban J connectivity index is 2.34. The van der Waals surface area contributed by atoms with Crippen molar-refractivity contribution in [2.75, 3.05) is 5.32 Å². The zero-order chi connectivity index (χ0) is 13.0. The Labute approximate surface area is 115 Å². The summed E-state index contributed by atoms with van der Waals surface area (Å²) in [4.78, 5) is 0. The number of hydrogen-bond donors (Lipinski definition) is 1. The van der Waals surface area contributed by atoms with E-state index < -0.39 is 0 Å². The van der Waals surface area contributed by atoms with Gasteiger partial charge in [-0.05, 0) is 52.2 Å². The van der Waals surface area contributed by atoms with Gasteiger partial charge in [-0.3, -0.25) is 0 Å². The van der Waals surface area contributed by atoms with Crippen molar-refractivity contribution in [3.63, 3.8) is 0 Å². The van der Waals surface area contributed by atoms with E-state index in [4.69, 9.17) is 5.26 Å². The van der Waals surface area contributed by atoms with Crippen molar-refractivity contribution >= 4 is 27.3 Å². The molecule has 18 heavy (non-hydrogen) atoms. The lowest BCUT2D eigenvalue weighted by Gasteiger charge is -2.10. The highest BCUT2D eigenvalue weighted by Gasteiger charge is 2.06. The number of benzene rings is 2. The Hall–Kier alpha value is -1.79. The molecular weight excluding hydrogens is 288 g/mol. The maximum Gasteiger partial charge on any atom is 0.103 e. The first-order valence-corrected chi connectivity index (χ1v) is 6.58. The number of nitriles is 1. The summed E-state index contributed by atoms with van der Waals surface area (Å²) in [6.07, 6.45) is 0.999. The zero-order valence-corrected chi connectivity index (χ0v) is 11.7. The van der Waals surface area contributed by atoms with Crippen molar-refractivity contribution in [1.82, 2.24) is 0 Å². The second-order valence-electron chi connectivity index (χ2n) is 3.95. The van der Waals surface area contributed by atoms with E-state index >= 15 is 0 Å². The molecule has 2 rings (SSSR count). The zero-order valence-electron chi connectivity index (χ0n) is 10.1. The van der Waals surface area contributed by atoms with Crippen LogP contribution in [0.2, 0.25) is 0 Å². The Morgan fingerprint density at radius 1 is 1.22 bits per heavy atom. The molecule has 2 aromatic rings. The Morgan fingerprint density at radius 2 is 2.00 bits per heavy atom. The molecule has 0 saturated carbocycles. The minimum absolute atomic E-state index is 0.624. The van der Waals surface area contributed by atoms with Crippen LogP contribution in [0.5, 0.6) is 0 Å². The van der Waals surface area contributed by atoms with Gasteiger partial charge in [0.25, 0.3) is 0 Å². The van der Waals surface area contributed by atoms with Gasteiger partial charge in [0.05, 0.1) is 11.3 Å². The molecule has 0 bridgehead atoms. The van der Waals surface area contributed by atoms with Crippen molar-refractivity contribution in [1.29, 1.82) is 5.26 Å². The van der Waals surface area contributed by atoms with Gasteiger partial charge < -0.3 is 5.32 Å². The van der Waals surface area contributed by atoms with E-state index in [-0.39, 0.29) is 0 Å². The largest absolute Gasteiger partial charge is 0.354 e.